The van der Waals surface area contributed by atoms with Gasteiger partial charge in [0.2, 0.25) is 5.70 Å². The Kier molecular flexibility index (Phi) is 8.21. The second-order valence-electron chi connectivity index (χ2n) is 7.71. The molecule has 0 aromatic heterocycles. The molecule has 1 aliphatic carbocycles. The van der Waals surface area contributed by atoms with Gasteiger partial charge in [-0.15, -0.1) is 0 Å². The van der Waals surface area contributed by atoms with Gasteiger partial charge >= 0.3 is 0 Å². The van der Waals surface area contributed by atoms with Crippen molar-refractivity contribution in [2.45, 2.75) is 39.9 Å². The van der Waals surface area contributed by atoms with Crippen LogP contribution in [-0.4, -0.2) is 33.2 Å². The third kappa shape index (κ3) is 7.96. The number of allylic oxidation sites excluding steroid dienone is 3. The van der Waals surface area contributed by atoms with E-state index in [0.29, 0.717) is 42.1 Å². The number of rotatable bonds is 7. The van der Waals surface area contributed by atoms with Crippen molar-refractivity contribution < 1.29 is 19.8 Å². The molecule has 27 heavy (non-hydrogen) atoms. The number of hydroxylamine groups is 1. The topological polar surface area (TPSA) is 82.4 Å². The standard InChI is InChI=1S/C20H30ClN3O3/c1-14(5-6-15-7-8-15)9-16(21)19(24-25-4)17(22)10-23-11-18-26-12-20(2,3)13-27-18/h9-10,15,18,23-24H,7-8,11-13,22H2,1-4H3/p+1/b14-9+,17-10-,19-16+. The van der Waals surface area contributed by atoms with Gasteiger partial charge in [-0.3, -0.25) is 0 Å². The van der Waals surface area contributed by atoms with Gasteiger partial charge in [-0.1, -0.05) is 37.3 Å². The molecule has 0 amide bonds. The van der Waals surface area contributed by atoms with Gasteiger partial charge in [0.1, 0.15) is 10.7 Å². The van der Waals surface area contributed by atoms with Crippen LogP contribution in [0.4, 0.5) is 0 Å². The highest BCUT2D eigenvalue weighted by atomic mass is 35.5. The number of quaternary nitrogens is 1. The molecular formula is C20H31ClN3O3+. The van der Waals surface area contributed by atoms with E-state index in [9.17, 15) is 0 Å². The van der Waals surface area contributed by atoms with Crippen molar-refractivity contribution >= 4 is 11.6 Å². The molecule has 0 unspecified atom stereocenters. The molecule has 0 atom stereocenters. The fourth-order valence-corrected chi connectivity index (χ4v) is 2.63. The molecule has 1 aliphatic heterocycles. The molecule has 0 aromatic rings. The lowest BCUT2D eigenvalue weighted by molar-refractivity contribution is -0.853. The smallest absolute Gasteiger partial charge is 0.205 e. The molecule has 2 fully saturated rings. The Morgan fingerprint density at radius 3 is 2.63 bits per heavy atom. The van der Waals surface area contributed by atoms with E-state index < -0.39 is 0 Å². The normalized spacial score (nSPS) is 22.0. The number of hydrogen-bond acceptors (Lipinski definition) is 5. The molecule has 5 N–H and O–H groups in total. The van der Waals surface area contributed by atoms with Gasteiger partial charge in [0.15, 0.2) is 6.29 Å². The summed E-state index contributed by atoms with van der Waals surface area (Å²) in [7, 11) is 1.56. The first kappa shape index (κ1) is 21.8. The van der Waals surface area contributed by atoms with Crippen LogP contribution in [0.1, 0.15) is 33.6 Å². The van der Waals surface area contributed by atoms with Crippen LogP contribution < -0.4 is 16.5 Å². The van der Waals surface area contributed by atoms with E-state index in [-0.39, 0.29) is 11.7 Å². The third-order valence-electron chi connectivity index (χ3n) is 4.06. The van der Waals surface area contributed by atoms with Gasteiger partial charge in [-0.2, -0.15) is 5.48 Å². The Hall–Kier alpha value is -1.49. The van der Waals surface area contributed by atoms with Crippen LogP contribution in [0.25, 0.3) is 0 Å². The van der Waals surface area contributed by atoms with Crippen LogP contribution in [0.2, 0.25) is 0 Å². The van der Waals surface area contributed by atoms with Crippen LogP contribution in [0.3, 0.4) is 0 Å². The van der Waals surface area contributed by atoms with E-state index in [1.54, 1.807) is 19.4 Å². The SMILES string of the molecule is CO[NH2+]C(/C(N)=C/NCC1OCC(C)(C)CO1)=C(Cl)\C=C(/C)C#CC1CC1. The number of hydrogen-bond donors (Lipinski definition) is 3. The van der Waals surface area contributed by atoms with Crippen molar-refractivity contribution in [2.75, 3.05) is 26.9 Å². The summed E-state index contributed by atoms with van der Waals surface area (Å²) >= 11 is 6.43. The quantitative estimate of drug-likeness (QED) is 0.346. The van der Waals surface area contributed by atoms with E-state index in [2.05, 4.69) is 31.0 Å². The molecule has 0 aromatic carbocycles. The first-order chi connectivity index (χ1) is 12.8. The van der Waals surface area contributed by atoms with E-state index in [1.807, 2.05) is 6.92 Å². The Balaban J connectivity index is 1.96. The Bertz CT molecular complexity index is 660. The highest BCUT2D eigenvalue weighted by Crippen LogP contribution is 2.27. The van der Waals surface area contributed by atoms with Gasteiger partial charge in [0, 0.05) is 23.1 Å². The maximum atomic E-state index is 6.43. The summed E-state index contributed by atoms with van der Waals surface area (Å²) in [4.78, 5) is 5.12. The van der Waals surface area contributed by atoms with E-state index in [1.165, 1.54) is 18.3 Å². The van der Waals surface area contributed by atoms with Crippen molar-refractivity contribution in [1.29, 1.82) is 0 Å². The summed E-state index contributed by atoms with van der Waals surface area (Å²) < 4.78 is 11.4. The second kappa shape index (κ2) is 10.2. The summed E-state index contributed by atoms with van der Waals surface area (Å²) in [5.74, 6) is 6.89. The average Bonchev–Trinajstić information content (AvgIpc) is 3.43. The first-order valence-corrected chi connectivity index (χ1v) is 9.57. The minimum atomic E-state index is -0.295. The largest absolute Gasteiger partial charge is 0.393 e. The van der Waals surface area contributed by atoms with E-state index in [4.69, 9.17) is 31.6 Å². The van der Waals surface area contributed by atoms with Gasteiger partial charge in [0.05, 0.1) is 26.9 Å². The monoisotopic (exact) mass is 396 g/mol. The van der Waals surface area contributed by atoms with Crippen molar-refractivity contribution in [3.8, 4) is 11.8 Å². The van der Waals surface area contributed by atoms with Crippen molar-refractivity contribution in [1.82, 2.24) is 5.32 Å². The zero-order valence-corrected chi connectivity index (χ0v) is 17.4. The molecule has 0 radical (unpaired) electrons. The lowest BCUT2D eigenvalue weighted by atomic mass is 9.96. The summed E-state index contributed by atoms with van der Waals surface area (Å²) in [5, 5.41) is 3.60. The van der Waals surface area contributed by atoms with Gasteiger partial charge < -0.3 is 20.5 Å². The maximum Gasteiger partial charge on any atom is 0.205 e. The third-order valence-corrected chi connectivity index (χ3v) is 4.37. The van der Waals surface area contributed by atoms with Crippen molar-refractivity contribution in [3.63, 3.8) is 0 Å². The van der Waals surface area contributed by atoms with Crippen molar-refractivity contribution in [2.24, 2.45) is 17.1 Å². The van der Waals surface area contributed by atoms with E-state index in [0.717, 1.165) is 5.57 Å². The number of nitrogens with one attached hydrogen (secondary N) is 1. The predicted molar refractivity (Wildman–Crippen MR) is 106 cm³/mol. The van der Waals surface area contributed by atoms with Crippen molar-refractivity contribution in [3.05, 3.63) is 34.3 Å². The molecule has 0 spiro atoms. The van der Waals surface area contributed by atoms with Crippen LogP contribution >= 0.6 is 11.6 Å². The lowest BCUT2D eigenvalue weighted by Crippen LogP contribution is -2.81. The summed E-state index contributed by atoms with van der Waals surface area (Å²) in [6, 6.07) is 0. The lowest BCUT2D eigenvalue weighted by Gasteiger charge is -2.34. The minimum absolute atomic E-state index is 0.0504. The molecule has 2 aliphatic rings. The molecule has 1 saturated carbocycles. The Morgan fingerprint density at radius 2 is 2.04 bits per heavy atom. The Labute approximate surface area is 167 Å². The number of ether oxygens (including phenoxy) is 2. The molecule has 7 heteroatoms. The second-order valence-corrected chi connectivity index (χ2v) is 8.12. The van der Waals surface area contributed by atoms with Crippen LogP contribution in [0.15, 0.2) is 34.3 Å². The summed E-state index contributed by atoms with van der Waals surface area (Å²) in [6.45, 7) is 7.98. The highest BCUT2D eigenvalue weighted by Gasteiger charge is 2.27. The van der Waals surface area contributed by atoms with Crippen LogP contribution in [0.5, 0.6) is 0 Å². The van der Waals surface area contributed by atoms with Gasteiger partial charge in [-0.05, 0) is 25.8 Å². The minimum Gasteiger partial charge on any atom is -0.393 e. The summed E-state index contributed by atoms with van der Waals surface area (Å²) in [5.41, 5.74) is 9.67. The predicted octanol–water partition coefficient (Wildman–Crippen LogP) is 1.71. The summed E-state index contributed by atoms with van der Waals surface area (Å²) in [6.07, 6.45) is 5.58. The molecular weight excluding hydrogens is 366 g/mol. The van der Waals surface area contributed by atoms with Gasteiger partial charge in [0.25, 0.3) is 0 Å². The van der Waals surface area contributed by atoms with Crippen LogP contribution in [-0.2, 0) is 14.3 Å². The molecule has 6 nitrogen and oxygen atoms in total. The molecule has 0 bridgehead atoms. The zero-order chi connectivity index (χ0) is 19.9. The highest BCUT2D eigenvalue weighted by molar-refractivity contribution is 6.31. The fraction of sp³-hybridized carbons (Fsp3) is 0.600. The Morgan fingerprint density at radius 1 is 1.37 bits per heavy atom. The molecule has 2 rings (SSSR count). The van der Waals surface area contributed by atoms with E-state index >= 15 is 0 Å². The van der Waals surface area contributed by atoms with Crippen LogP contribution in [0, 0.1) is 23.2 Å². The maximum absolute atomic E-state index is 6.43. The molecule has 1 heterocycles. The fourth-order valence-electron chi connectivity index (χ4n) is 2.32. The first-order valence-electron chi connectivity index (χ1n) is 9.19. The average molecular weight is 397 g/mol. The number of nitrogens with two attached hydrogens (primary N) is 2. The number of halogens is 1. The van der Waals surface area contributed by atoms with Gasteiger partial charge in [-0.25, -0.2) is 4.84 Å². The molecule has 1 saturated heterocycles. The molecule has 150 valence electrons. The zero-order valence-electron chi connectivity index (χ0n) is 16.6.